The second-order valence-corrected chi connectivity index (χ2v) is 2.66. The van der Waals surface area contributed by atoms with Crippen molar-refractivity contribution in [2.45, 2.75) is 19.3 Å². The number of hydrogen-bond donors (Lipinski definition) is 1. The van der Waals surface area contributed by atoms with Gasteiger partial charge in [-0.05, 0) is 12.8 Å². The maximum Gasteiger partial charge on any atom is 0.0900 e. The fourth-order valence-corrected chi connectivity index (χ4v) is 1.02. The molecule has 0 bridgehead atoms. The van der Waals surface area contributed by atoms with Crippen LogP contribution in [0.25, 0.3) is 0 Å². The molecule has 8 heavy (non-hydrogen) atoms. The summed E-state index contributed by atoms with van der Waals surface area (Å²) < 4.78 is 0. The Morgan fingerprint density at radius 3 is 2.12 bits per heavy atom. The molecule has 1 aliphatic carbocycles. The average Bonchev–Trinajstić information content (AvgIpc) is 1.67. The molecule has 2 nitrogen and oxygen atoms in total. The predicted octanol–water partition coefficient (Wildman–Crippen LogP) is 0.580. The lowest BCUT2D eigenvalue weighted by Gasteiger charge is -2.37. The van der Waals surface area contributed by atoms with Crippen molar-refractivity contribution in [2.75, 3.05) is 13.2 Å². The smallest absolute Gasteiger partial charge is 0.0900 e. The van der Waals surface area contributed by atoms with Crippen LogP contribution in [0.3, 0.4) is 0 Å². The van der Waals surface area contributed by atoms with Crippen LogP contribution in [0, 0.1) is 5.41 Å². The molecule has 1 rings (SSSR count). The van der Waals surface area contributed by atoms with Gasteiger partial charge in [0.15, 0.2) is 0 Å². The van der Waals surface area contributed by atoms with Crippen LogP contribution in [-0.4, -0.2) is 18.3 Å². The predicted molar refractivity (Wildman–Crippen MR) is 28.9 cm³/mol. The average molecular weight is 115 g/mol. The van der Waals surface area contributed by atoms with Gasteiger partial charge in [-0.15, -0.1) is 0 Å². The van der Waals surface area contributed by atoms with Gasteiger partial charge < -0.3 is 5.11 Å². The normalized spacial score (nSPS) is 24.8. The standard InChI is InChI=1S/C6H11O2/c7-4-6(5-8)2-1-3-6/h7H,1-5H2. The minimum absolute atomic E-state index is 0.0938. The van der Waals surface area contributed by atoms with Crippen molar-refractivity contribution in [2.24, 2.45) is 5.41 Å². The van der Waals surface area contributed by atoms with Crippen LogP contribution in [0.4, 0.5) is 0 Å². The summed E-state index contributed by atoms with van der Waals surface area (Å²) in [5.41, 5.74) is -0.194. The highest BCUT2D eigenvalue weighted by atomic mass is 16.3. The third kappa shape index (κ3) is 0.740. The van der Waals surface area contributed by atoms with Gasteiger partial charge in [-0.3, -0.25) is 0 Å². The summed E-state index contributed by atoms with van der Waals surface area (Å²) in [6.07, 6.45) is 3.00. The first kappa shape index (κ1) is 6.05. The van der Waals surface area contributed by atoms with E-state index in [-0.39, 0.29) is 18.6 Å². The summed E-state index contributed by atoms with van der Waals surface area (Å²) in [7, 11) is 0. The van der Waals surface area contributed by atoms with E-state index in [2.05, 4.69) is 0 Å². The van der Waals surface area contributed by atoms with Gasteiger partial charge in [0.1, 0.15) is 0 Å². The molecule has 1 N–H and O–H groups in total. The Bertz CT molecular complexity index is 63.1. The van der Waals surface area contributed by atoms with Gasteiger partial charge in [-0.1, -0.05) is 6.42 Å². The number of rotatable bonds is 2. The Kier molecular flexibility index (Phi) is 1.54. The van der Waals surface area contributed by atoms with E-state index >= 15 is 0 Å². The second kappa shape index (κ2) is 2.03. The van der Waals surface area contributed by atoms with Crippen LogP contribution in [0.15, 0.2) is 0 Å². The topological polar surface area (TPSA) is 40.1 Å². The lowest BCUT2D eigenvalue weighted by Crippen LogP contribution is -2.36. The van der Waals surface area contributed by atoms with E-state index in [0.717, 1.165) is 19.3 Å². The van der Waals surface area contributed by atoms with Gasteiger partial charge >= 0.3 is 0 Å². The minimum atomic E-state index is -0.194. The molecule has 1 fully saturated rings. The summed E-state index contributed by atoms with van der Waals surface area (Å²) in [6.45, 7) is 0. The molecule has 0 atom stereocenters. The molecule has 0 aromatic carbocycles. The maximum atomic E-state index is 10.3. The summed E-state index contributed by atoms with van der Waals surface area (Å²) in [4.78, 5) is 0. The molecule has 1 radical (unpaired) electrons. The zero-order valence-corrected chi connectivity index (χ0v) is 4.89. The Hall–Kier alpha value is -0.0800. The first-order chi connectivity index (χ1) is 3.83. The Morgan fingerprint density at radius 1 is 1.50 bits per heavy atom. The van der Waals surface area contributed by atoms with E-state index < -0.39 is 0 Å². The van der Waals surface area contributed by atoms with Crippen LogP contribution in [0.5, 0.6) is 0 Å². The number of aliphatic hydroxyl groups excluding tert-OH is 1. The zero-order chi connectivity index (χ0) is 6.04. The first-order valence-electron chi connectivity index (χ1n) is 3.02. The molecule has 0 aromatic heterocycles. The van der Waals surface area contributed by atoms with Crippen LogP contribution in [0.1, 0.15) is 19.3 Å². The van der Waals surface area contributed by atoms with E-state index in [1.165, 1.54) is 0 Å². The number of aliphatic hydroxyl groups is 1. The van der Waals surface area contributed by atoms with Crippen LogP contribution in [-0.2, 0) is 5.11 Å². The fraction of sp³-hybridized carbons (Fsp3) is 1.00. The third-order valence-electron chi connectivity index (χ3n) is 2.06. The largest absolute Gasteiger partial charge is 0.396 e. The van der Waals surface area contributed by atoms with Crippen molar-refractivity contribution < 1.29 is 10.2 Å². The molecular weight excluding hydrogens is 104 g/mol. The molecule has 0 unspecified atom stereocenters. The summed E-state index contributed by atoms with van der Waals surface area (Å²) in [6, 6.07) is 0. The highest BCUT2D eigenvalue weighted by Gasteiger charge is 2.35. The monoisotopic (exact) mass is 115 g/mol. The first-order valence-corrected chi connectivity index (χ1v) is 3.02. The molecule has 0 spiro atoms. The molecule has 1 aliphatic rings. The van der Waals surface area contributed by atoms with Crippen LogP contribution < -0.4 is 0 Å². The molecule has 0 amide bonds. The molecule has 47 valence electrons. The molecule has 1 saturated carbocycles. The van der Waals surface area contributed by atoms with Crippen molar-refractivity contribution in [3.05, 3.63) is 0 Å². The quantitative estimate of drug-likeness (QED) is 0.561. The van der Waals surface area contributed by atoms with Gasteiger partial charge in [0.25, 0.3) is 0 Å². The van der Waals surface area contributed by atoms with E-state index in [9.17, 15) is 5.11 Å². The third-order valence-corrected chi connectivity index (χ3v) is 2.06. The van der Waals surface area contributed by atoms with E-state index in [4.69, 9.17) is 5.11 Å². The Balaban J connectivity index is 2.33. The zero-order valence-electron chi connectivity index (χ0n) is 4.89. The van der Waals surface area contributed by atoms with Crippen molar-refractivity contribution >= 4 is 0 Å². The Labute approximate surface area is 49.1 Å². The van der Waals surface area contributed by atoms with Crippen molar-refractivity contribution in [3.8, 4) is 0 Å². The minimum Gasteiger partial charge on any atom is -0.396 e. The highest BCUT2D eigenvalue weighted by Crippen LogP contribution is 2.39. The summed E-state index contributed by atoms with van der Waals surface area (Å²) in [5.74, 6) is 0. The molecule has 0 aliphatic heterocycles. The summed E-state index contributed by atoms with van der Waals surface area (Å²) >= 11 is 0. The fourth-order valence-electron chi connectivity index (χ4n) is 1.02. The van der Waals surface area contributed by atoms with Gasteiger partial charge in [0, 0.05) is 5.41 Å². The molecule has 0 saturated heterocycles. The SMILES string of the molecule is [O]CC1(CO)CCC1. The van der Waals surface area contributed by atoms with Gasteiger partial charge in [0.2, 0.25) is 0 Å². The number of hydrogen-bond acceptors (Lipinski definition) is 1. The van der Waals surface area contributed by atoms with E-state index in [1.807, 2.05) is 0 Å². The van der Waals surface area contributed by atoms with Gasteiger partial charge in [-0.25, -0.2) is 5.11 Å². The molecule has 0 heterocycles. The van der Waals surface area contributed by atoms with Crippen LogP contribution in [0.2, 0.25) is 0 Å². The van der Waals surface area contributed by atoms with Crippen molar-refractivity contribution in [1.29, 1.82) is 0 Å². The Morgan fingerprint density at radius 2 is 2.12 bits per heavy atom. The molecule has 0 aromatic rings. The van der Waals surface area contributed by atoms with Gasteiger partial charge in [0.05, 0.1) is 13.2 Å². The summed E-state index contributed by atoms with van der Waals surface area (Å²) in [5, 5.41) is 18.9. The lowest BCUT2D eigenvalue weighted by molar-refractivity contribution is -0.0349. The van der Waals surface area contributed by atoms with E-state index in [1.54, 1.807) is 0 Å². The van der Waals surface area contributed by atoms with Crippen LogP contribution >= 0.6 is 0 Å². The van der Waals surface area contributed by atoms with Crippen molar-refractivity contribution in [1.82, 2.24) is 0 Å². The maximum absolute atomic E-state index is 10.3. The highest BCUT2D eigenvalue weighted by molar-refractivity contribution is 4.85. The second-order valence-electron chi connectivity index (χ2n) is 2.66. The lowest BCUT2D eigenvalue weighted by atomic mass is 9.70. The van der Waals surface area contributed by atoms with Crippen molar-refractivity contribution in [3.63, 3.8) is 0 Å². The molecular formula is C6H11O2. The van der Waals surface area contributed by atoms with Gasteiger partial charge in [-0.2, -0.15) is 0 Å². The van der Waals surface area contributed by atoms with E-state index in [0.29, 0.717) is 0 Å². The molecule has 2 heteroatoms.